The Morgan fingerprint density at radius 2 is 1.95 bits per heavy atom. The van der Waals surface area contributed by atoms with E-state index in [1.54, 1.807) is 7.11 Å². The van der Waals surface area contributed by atoms with E-state index in [9.17, 15) is 9.90 Å². The zero-order chi connectivity index (χ0) is 15.2. The summed E-state index contributed by atoms with van der Waals surface area (Å²) in [5.74, 6) is 0.236. The van der Waals surface area contributed by atoms with Gasteiger partial charge in [0.2, 0.25) is 0 Å². The van der Waals surface area contributed by atoms with Crippen LogP contribution in [0.15, 0.2) is 35.6 Å². The molecule has 1 aliphatic heterocycles. The number of hydrogen-bond acceptors (Lipinski definition) is 5. The molecule has 0 aromatic heterocycles. The first-order chi connectivity index (χ1) is 10.1. The van der Waals surface area contributed by atoms with Crippen LogP contribution in [0.25, 0.3) is 0 Å². The number of carbonyl (C=O) groups is 1. The summed E-state index contributed by atoms with van der Waals surface area (Å²) < 4.78 is 9.78. The van der Waals surface area contributed by atoms with Crippen molar-refractivity contribution in [3.8, 4) is 5.75 Å². The predicted octanol–water partition coefficient (Wildman–Crippen LogP) is -2.27. The summed E-state index contributed by atoms with van der Waals surface area (Å²) in [6.45, 7) is 1.87. The molecule has 5 nitrogen and oxygen atoms in total. The molecule has 0 saturated carbocycles. The SMILES string of the molecule is COC(=O)C1=C([O-])CCN(CCc2ccc(OC)cc2)C1.[Na+]. The molecule has 1 aromatic carbocycles. The molecule has 0 saturated heterocycles. The summed E-state index contributed by atoms with van der Waals surface area (Å²) in [4.78, 5) is 13.7. The maximum Gasteiger partial charge on any atom is 1.00 e. The van der Waals surface area contributed by atoms with Gasteiger partial charge in [-0.2, -0.15) is 0 Å². The van der Waals surface area contributed by atoms with E-state index >= 15 is 0 Å². The number of ether oxygens (including phenoxy) is 2. The normalized spacial score (nSPS) is 15.2. The van der Waals surface area contributed by atoms with Crippen molar-refractivity contribution < 1.29 is 48.9 Å². The standard InChI is InChI=1S/C16H21NO4.Na/c1-20-13-5-3-12(4-6-13)7-9-17-10-8-15(18)14(11-17)16(19)21-2;/h3-6,18H,7-11H2,1-2H3;/q;+1/p-1. The fraction of sp³-hybridized carbons (Fsp3) is 0.438. The third-order valence-corrected chi connectivity index (χ3v) is 3.68. The second kappa shape index (κ2) is 9.20. The Hall–Kier alpha value is -1.01. The maximum atomic E-state index is 11.7. The third kappa shape index (κ3) is 5.02. The monoisotopic (exact) mass is 313 g/mol. The summed E-state index contributed by atoms with van der Waals surface area (Å²) in [6, 6.07) is 7.92. The molecule has 114 valence electrons. The minimum absolute atomic E-state index is 0. The van der Waals surface area contributed by atoms with Crippen LogP contribution in [0.3, 0.4) is 0 Å². The van der Waals surface area contributed by atoms with Gasteiger partial charge in [-0.25, -0.2) is 4.79 Å². The van der Waals surface area contributed by atoms with E-state index in [0.29, 0.717) is 19.5 Å². The fourth-order valence-corrected chi connectivity index (χ4v) is 2.37. The van der Waals surface area contributed by atoms with Crippen LogP contribution >= 0.6 is 0 Å². The van der Waals surface area contributed by atoms with Crippen LogP contribution in [0, 0.1) is 0 Å². The number of benzene rings is 1. The molecule has 1 aromatic rings. The van der Waals surface area contributed by atoms with Crippen LogP contribution in [-0.2, 0) is 16.0 Å². The minimum Gasteiger partial charge on any atom is -0.875 e. The molecule has 6 heteroatoms. The van der Waals surface area contributed by atoms with Crippen molar-refractivity contribution in [2.75, 3.05) is 33.9 Å². The molecule has 0 bridgehead atoms. The molecule has 0 aliphatic carbocycles. The molecule has 0 unspecified atom stereocenters. The van der Waals surface area contributed by atoms with Crippen LogP contribution in [0.2, 0.25) is 0 Å². The first-order valence-corrected chi connectivity index (χ1v) is 6.96. The fourth-order valence-electron chi connectivity index (χ4n) is 2.37. The van der Waals surface area contributed by atoms with Gasteiger partial charge >= 0.3 is 35.5 Å². The topological polar surface area (TPSA) is 61.8 Å². The summed E-state index contributed by atoms with van der Waals surface area (Å²) in [6.07, 6.45) is 1.25. The third-order valence-electron chi connectivity index (χ3n) is 3.68. The van der Waals surface area contributed by atoms with E-state index in [1.807, 2.05) is 24.3 Å². The van der Waals surface area contributed by atoms with E-state index in [-0.39, 0.29) is 40.9 Å². The first-order valence-electron chi connectivity index (χ1n) is 6.96. The zero-order valence-corrected chi connectivity index (χ0v) is 15.4. The van der Waals surface area contributed by atoms with Crippen molar-refractivity contribution >= 4 is 5.97 Å². The van der Waals surface area contributed by atoms with Gasteiger partial charge in [-0.15, -0.1) is 5.76 Å². The van der Waals surface area contributed by atoms with E-state index in [2.05, 4.69) is 9.64 Å². The summed E-state index contributed by atoms with van der Waals surface area (Å²) in [5.41, 5.74) is 1.46. The average Bonchev–Trinajstić information content (AvgIpc) is 2.53. The molecule has 1 heterocycles. The Kier molecular flexibility index (Phi) is 7.96. The van der Waals surface area contributed by atoms with Crippen molar-refractivity contribution in [1.82, 2.24) is 4.90 Å². The van der Waals surface area contributed by atoms with Crippen LogP contribution in [-0.4, -0.2) is 44.7 Å². The van der Waals surface area contributed by atoms with Gasteiger partial charge in [-0.1, -0.05) is 12.1 Å². The van der Waals surface area contributed by atoms with Crippen LogP contribution in [0.5, 0.6) is 5.75 Å². The Labute approximate surface area is 153 Å². The minimum atomic E-state index is -0.505. The van der Waals surface area contributed by atoms with Crippen molar-refractivity contribution in [2.24, 2.45) is 0 Å². The van der Waals surface area contributed by atoms with Crippen LogP contribution in [0.4, 0.5) is 0 Å². The van der Waals surface area contributed by atoms with Gasteiger partial charge < -0.3 is 14.6 Å². The quantitative estimate of drug-likeness (QED) is 0.453. The van der Waals surface area contributed by atoms with E-state index < -0.39 is 5.97 Å². The molecule has 0 spiro atoms. The maximum absolute atomic E-state index is 11.7. The largest absolute Gasteiger partial charge is 1.00 e. The second-order valence-electron chi connectivity index (χ2n) is 5.02. The molecule has 0 N–H and O–H groups in total. The van der Waals surface area contributed by atoms with E-state index in [1.165, 1.54) is 12.7 Å². The van der Waals surface area contributed by atoms with Gasteiger partial charge in [-0.3, -0.25) is 4.90 Å². The summed E-state index contributed by atoms with van der Waals surface area (Å²) in [7, 11) is 2.95. The van der Waals surface area contributed by atoms with Gasteiger partial charge in [0.15, 0.2) is 0 Å². The number of hydrogen-bond donors (Lipinski definition) is 0. The van der Waals surface area contributed by atoms with Crippen LogP contribution < -0.4 is 39.4 Å². The second-order valence-corrected chi connectivity index (χ2v) is 5.02. The Balaban J connectivity index is 0.00000242. The number of nitrogens with zero attached hydrogens (tertiary/aromatic N) is 1. The molecule has 2 rings (SSSR count). The molecule has 1 aliphatic rings. The van der Waals surface area contributed by atoms with Gasteiger partial charge in [0, 0.05) is 25.2 Å². The van der Waals surface area contributed by atoms with Crippen molar-refractivity contribution in [3.05, 3.63) is 41.2 Å². The number of rotatable bonds is 5. The number of carbonyl (C=O) groups excluding carboxylic acids is 1. The summed E-state index contributed by atoms with van der Waals surface area (Å²) >= 11 is 0. The Morgan fingerprint density at radius 1 is 1.27 bits per heavy atom. The predicted molar refractivity (Wildman–Crippen MR) is 76.8 cm³/mol. The van der Waals surface area contributed by atoms with Gasteiger partial charge in [0.25, 0.3) is 0 Å². The number of methoxy groups -OCH3 is 2. The van der Waals surface area contributed by atoms with Crippen LogP contribution in [0.1, 0.15) is 12.0 Å². The van der Waals surface area contributed by atoms with Crippen molar-refractivity contribution in [1.29, 1.82) is 0 Å². The van der Waals surface area contributed by atoms with E-state index in [0.717, 1.165) is 18.7 Å². The molecular weight excluding hydrogens is 293 g/mol. The molecular formula is C16H20NNaO4. The molecule has 0 amide bonds. The summed E-state index contributed by atoms with van der Waals surface area (Å²) in [5, 5.41) is 11.7. The van der Waals surface area contributed by atoms with Gasteiger partial charge in [-0.05, 0) is 30.5 Å². The van der Waals surface area contributed by atoms with E-state index in [4.69, 9.17) is 4.74 Å². The molecule has 0 fully saturated rings. The smallest absolute Gasteiger partial charge is 0.875 e. The Bertz CT molecular complexity index is 527. The molecule has 22 heavy (non-hydrogen) atoms. The molecule has 0 atom stereocenters. The van der Waals surface area contributed by atoms with Gasteiger partial charge in [0.05, 0.1) is 14.2 Å². The van der Waals surface area contributed by atoms with Gasteiger partial charge in [0.1, 0.15) is 5.75 Å². The molecule has 0 radical (unpaired) electrons. The Morgan fingerprint density at radius 3 is 2.55 bits per heavy atom. The average molecular weight is 313 g/mol. The number of esters is 1. The van der Waals surface area contributed by atoms with Crippen molar-refractivity contribution in [3.63, 3.8) is 0 Å². The first kappa shape index (κ1) is 19.0. The van der Waals surface area contributed by atoms with Crippen molar-refractivity contribution in [2.45, 2.75) is 12.8 Å². The zero-order valence-electron chi connectivity index (χ0n) is 13.4.